The standard InChI is InChI=1S/C30H26ClN5O7S/c1-16-12-20(27-21(13-16)26-28(42-27)22(31)15-32-33-26)17(2)34(23-9-7-6-8-19(23)29(37)43-30(3,4)5)44-25-11-10-18(35(38)39)14-24(25)36(40)41/h6-15,17H,1-5H3/t17-/m1/s1. The first kappa shape index (κ1) is 30.7. The van der Waals surface area contributed by atoms with Crippen LogP contribution in [-0.2, 0) is 4.74 Å². The number of carbonyl (C=O) groups excluding carboxylic acids is 1. The van der Waals surface area contributed by atoms with Gasteiger partial charge in [-0.05, 0) is 76.4 Å². The van der Waals surface area contributed by atoms with Gasteiger partial charge in [-0.3, -0.25) is 20.2 Å². The summed E-state index contributed by atoms with van der Waals surface area (Å²) in [6.45, 7) is 9.01. The van der Waals surface area contributed by atoms with Crippen molar-refractivity contribution in [3.63, 3.8) is 0 Å². The van der Waals surface area contributed by atoms with Crippen LogP contribution in [0.4, 0.5) is 17.1 Å². The average molecular weight is 636 g/mol. The highest BCUT2D eigenvalue weighted by molar-refractivity contribution is 8.00. The largest absolute Gasteiger partial charge is 0.456 e. The number of para-hydroxylation sites is 1. The molecule has 0 N–H and O–H groups in total. The number of aromatic nitrogens is 2. The maximum Gasteiger partial charge on any atom is 0.340 e. The smallest absolute Gasteiger partial charge is 0.340 e. The van der Waals surface area contributed by atoms with E-state index in [0.717, 1.165) is 23.6 Å². The predicted octanol–water partition coefficient (Wildman–Crippen LogP) is 8.38. The first-order chi connectivity index (χ1) is 20.7. The molecule has 2 heterocycles. The van der Waals surface area contributed by atoms with Crippen LogP contribution in [0.2, 0.25) is 5.02 Å². The van der Waals surface area contributed by atoms with Crippen molar-refractivity contribution in [2.24, 2.45) is 0 Å². The predicted molar refractivity (Wildman–Crippen MR) is 167 cm³/mol. The number of anilines is 1. The minimum Gasteiger partial charge on any atom is -0.456 e. The summed E-state index contributed by atoms with van der Waals surface area (Å²) in [5.41, 5.74) is 1.79. The molecule has 0 spiro atoms. The lowest BCUT2D eigenvalue weighted by atomic mass is 10.0. The minimum absolute atomic E-state index is 0.119. The zero-order valence-corrected chi connectivity index (χ0v) is 25.8. The molecule has 5 rings (SSSR count). The molecule has 0 fully saturated rings. The van der Waals surface area contributed by atoms with Crippen LogP contribution in [0.15, 0.2) is 70.1 Å². The van der Waals surface area contributed by atoms with Gasteiger partial charge in [0.2, 0.25) is 0 Å². The highest BCUT2D eigenvalue weighted by Gasteiger charge is 2.31. The third kappa shape index (κ3) is 6.01. The van der Waals surface area contributed by atoms with E-state index < -0.39 is 38.8 Å². The van der Waals surface area contributed by atoms with Crippen LogP contribution in [0.5, 0.6) is 0 Å². The molecule has 0 saturated heterocycles. The lowest BCUT2D eigenvalue weighted by Crippen LogP contribution is -2.26. The highest BCUT2D eigenvalue weighted by Crippen LogP contribution is 2.45. The molecule has 44 heavy (non-hydrogen) atoms. The van der Waals surface area contributed by atoms with Gasteiger partial charge in [-0.25, -0.2) is 4.79 Å². The number of furan rings is 1. The molecule has 1 atom stereocenters. The van der Waals surface area contributed by atoms with Crippen LogP contribution >= 0.6 is 23.5 Å². The molecular weight excluding hydrogens is 610 g/mol. The Morgan fingerprint density at radius 1 is 1.07 bits per heavy atom. The van der Waals surface area contributed by atoms with E-state index in [4.69, 9.17) is 20.8 Å². The van der Waals surface area contributed by atoms with Crippen LogP contribution in [0.1, 0.15) is 55.2 Å². The first-order valence-electron chi connectivity index (χ1n) is 13.3. The monoisotopic (exact) mass is 635 g/mol. The van der Waals surface area contributed by atoms with Gasteiger partial charge in [-0.2, -0.15) is 5.10 Å². The van der Waals surface area contributed by atoms with E-state index in [0.29, 0.717) is 33.3 Å². The fourth-order valence-corrected chi connectivity index (χ4v) is 5.98. The number of nitro benzene ring substituents is 2. The number of nitrogens with zero attached hydrogens (tertiary/aromatic N) is 5. The molecule has 226 valence electrons. The molecule has 14 heteroatoms. The fraction of sp³-hybridized carbons (Fsp3) is 0.233. The molecule has 2 aromatic heterocycles. The summed E-state index contributed by atoms with van der Waals surface area (Å²) in [7, 11) is 0. The average Bonchev–Trinajstić information content (AvgIpc) is 3.34. The van der Waals surface area contributed by atoms with Gasteiger partial charge in [0.1, 0.15) is 26.6 Å². The van der Waals surface area contributed by atoms with Crippen LogP contribution in [0.3, 0.4) is 0 Å². The van der Waals surface area contributed by atoms with E-state index in [9.17, 15) is 25.0 Å². The molecule has 5 aromatic rings. The summed E-state index contributed by atoms with van der Waals surface area (Å²) in [5, 5.41) is 32.6. The summed E-state index contributed by atoms with van der Waals surface area (Å²) >= 11 is 7.34. The molecule has 0 aliphatic rings. The fourth-order valence-electron chi connectivity index (χ4n) is 4.71. The molecule has 0 bridgehead atoms. The summed E-state index contributed by atoms with van der Waals surface area (Å²) in [6, 6.07) is 13.4. The minimum atomic E-state index is -0.789. The van der Waals surface area contributed by atoms with Crippen LogP contribution in [0, 0.1) is 27.2 Å². The Labute approximate surface area is 260 Å². The normalized spacial score (nSPS) is 12.3. The number of aryl methyl sites for hydroxylation is 1. The molecule has 0 aliphatic carbocycles. The van der Waals surface area contributed by atoms with Gasteiger partial charge in [0.15, 0.2) is 5.58 Å². The summed E-state index contributed by atoms with van der Waals surface area (Å²) in [5.74, 6) is -0.593. The van der Waals surface area contributed by atoms with Crippen LogP contribution in [-0.4, -0.2) is 31.6 Å². The van der Waals surface area contributed by atoms with E-state index in [1.54, 1.807) is 49.3 Å². The molecular formula is C30H26ClN5O7S. The van der Waals surface area contributed by atoms with Crippen molar-refractivity contribution in [1.29, 1.82) is 0 Å². The number of nitro groups is 2. The van der Waals surface area contributed by atoms with Gasteiger partial charge in [0.05, 0.1) is 39.4 Å². The van der Waals surface area contributed by atoms with Gasteiger partial charge < -0.3 is 13.5 Å². The maximum absolute atomic E-state index is 13.4. The number of hydrogen-bond acceptors (Lipinski definition) is 11. The third-order valence-corrected chi connectivity index (χ3v) is 8.11. The van der Waals surface area contributed by atoms with Gasteiger partial charge >= 0.3 is 5.97 Å². The topological polar surface area (TPSA) is 155 Å². The maximum atomic E-state index is 13.4. The number of fused-ring (bicyclic) bond motifs is 3. The second-order valence-electron chi connectivity index (χ2n) is 11.0. The molecule has 0 radical (unpaired) electrons. The SMILES string of the molecule is Cc1cc([C@@H](C)N(Sc2ccc([N+](=O)[O-])cc2[N+](=O)[O-])c2ccccc2C(=O)OC(C)(C)C)c2oc3c(Cl)cnnc3c2c1. The number of halogens is 1. The zero-order valence-electron chi connectivity index (χ0n) is 24.2. The van der Waals surface area contributed by atoms with E-state index in [1.807, 2.05) is 26.0 Å². The Hall–Kier alpha value is -4.75. The third-order valence-electron chi connectivity index (χ3n) is 6.59. The number of non-ortho nitro benzene ring substituents is 1. The first-order valence-corrected chi connectivity index (χ1v) is 14.5. The Bertz CT molecular complexity index is 1960. The van der Waals surface area contributed by atoms with E-state index in [1.165, 1.54) is 18.3 Å². The molecule has 0 unspecified atom stereocenters. The van der Waals surface area contributed by atoms with Crippen molar-refractivity contribution in [2.45, 2.75) is 51.2 Å². The van der Waals surface area contributed by atoms with Gasteiger partial charge in [-0.15, -0.1) is 5.10 Å². The lowest BCUT2D eigenvalue weighted by Gasteiger charge is -2.32. The van der Waals surface area contributed by atoms with Crippen molar-refractivity contribution in [1.82, 2.24) is 10.2 Å². The molecule has 0 amide bonds. The van der Waals surface area contributed by atoms with Gasteiger partial charge in [0, 0.05) is 17.0 Å². The Morgan fingerprint density at radius 3 is 2.48 bits per heavy atom. The number of carbonyl (C=O) groups is 1. The molecule has 3 aromatic carbocycles. The van der Waals surface area contributed by atoms with E-state index in [2.05, 4.69) is 10.2 Å². The van der Waals surface area contributed by atoms with Crippen molar-refractivity contribution in [3.05, 3.63) is 103 Å². The summed E-state index contributed by atoms with van der Waals surface area (Å²) in [6.07, 6.45) is 1.38. The zero-order chi connectivity index (χ0) is 31.9. The number of esters is 1. The molecule has 0 aliphatic heterocycles. The second kappa shape index (κ2) is 11.7. The van der Waals surface area contributed by atoms with Gasteiger partial charge in [-0.1, -0.05) is 29.8 Å². The van der Waals surface area contributed by atoms with Crippen molar-refractivity contribution in [3.8, 4) is 0 Å². The highest BCUT2D eigenvalue weighted by atomic mass is 35.5. The van der Waals surface area contributed by atoms with Crippen molar-refractivity contribution in [2.75, 3.05) is 4.31 Å². The molecule has 12 nitrogen and oxygen atoms in total. The molecule has 0 saturated carbocycles. The number of benzene rings is 3. The lowest BCUT2D eigenvalue weighted by molar-refractivity contribution is -0.396. The number of hydrogen-bond donors (Lipinski definition) is 0. The van der Waals surface area contributed by atoms with Crippen LogP contribution in [0.25, 0.3) is 22.1 Å². The van der Waals surface area contributed by atoms with Crippen molar-refractivity contribution >= 4 is 68.6 Å². The van der Waals surface area contributed by atoms with Crippen LogP contribution < -0.4 is 4.31 Å². The quantitative estimate of drug-likeness (QED) is 0.0698. The number of rotatable bonds is 8. The van der Waals surface area contributed by atoms with Crippen molar-refractivity contribution < 1.29 is 23.8 Å². The number of ether oxygens (including phenoxy) is 1. The summed E-state index contributed by atoms with van der Waals surface area (Å²) in [4.78, 5) is 35.6. The Kier molecular flexibility index (Phi) is 8.19. The van der Waals surface area contributed by atoms with Gasteiger partial charge in [0.25, 0.3) is 11.4 Å². The summed E-state index contributed by atoms with van der Waals surface area (Å²) < 4.78 is 13.6. The Morgan fingerprint density at radius 2 is 1.80 bits per heavy atom. The van der Waals surface area contributed by atoms with E-state index in [-0.39, 0.29) is 15.5 Å². The second-order valence-corrected chi connectivity index (χ2v) is 12.4. The van der Waals surface area contributed by atoms with E-state index >= 15 is 0 Å². The Balaban J connectivity index is 1.73.